The summed E-state index contributed by atoms with van der Waals surface area (Å²) in [5.41, 5.74) is 0. The Labute approximate surface area is 124 Å². The van der Waals surface area contributed by atoms with E-state index >= 15 is 0 Å². The average Bonchev–Trinajstić information content (AvgIpc) is 2.47. The fourth-order valence-electron chi connectivity index (χ4n) is 2.58. The van der Waals surface area contributed by atoms with Gasteiger partial charge in [-0.1, -0.05) is 25.5 Å². The lowest BCUT2D eigenvalue weighted by molar-refractivity contribution is -0.125. The van der Waals surface area contributed by atoms with E-state index in [1.807, 2.05) is 16.5 Å². The van der Waals surface area contributed by atoms with E-state index in [0.29, 0.717) is 13.0 Å². The summed E-state index contributed by atoms with van der Waals surface area (Å²) in [4.78, 5) is 13.7. The first kappa shape index (κ1) is 15.9. The second kappa shape index (κ2) is 6.53. The summed E-state index contributed by atoms with van der Waals surface area (Å²) in [6.07, 6.45) is 2.50. The molecule has 0 unspecified atom stereocenters. The molecule has 0 bridgehead atoms. The van der Waals surface area contributed by atoms with E-state index in [9.17, 15) is 17.6 Å². The zero-order valence-corrected chi connectivity index (χ0v) is 12.7. The molecule has 1 fully saturated rings. The number of halogens is 1. The Morgan fingerprint density at radius 2 is 2.10 bits per heavy atom. The topological polar surface area (TPSA) is 66.5 Å². The lowest BCUT2D eigenvalue weighted by Gasteiger charge is -2.33. The van der Waals surface area contributed by atoms with Gasteiger partial charge in [0.1, 0.15) is 10.7 Å². The van der Waals surface area contributed by atoms with E-state index in [1.165, 1.54) is 12.1 Å². The summed E-state index contributed by atoms with van der Waals surface area (Å²) in [5.74, 6) is -1.45. The number of hydrogen-bond acceptors (Lipinski definition) is 4. The Kier molecular flexibility index (Phi) is 4.95. The summed E-state index contributed by atoms with van der Waals surface area (Å²) >= 11 is 0. The van der Waals surface area contributed by atoms with E-state index < -0.39 is 32.7 Å². The molecular weight excluding hydrogens is 295 g/mol. The number of likely N-dealkylation sites (N-methyl/N-ethyl adjacent to an activating group) is 1. The van der Waals surface area contributed by atoms with Crippen LogP contribution < -0.4 is 4.72 Å². The molecule has 1 heterocycles. The number of sulfonamides is 1. The van der Waals surface area contributed by atoms with Crippen LogP contribution in [0.15, 0.2) is 29.2 Å². The van der Waals surface area contributed by atoms with Gasteiger partial charge in [0.15, 0.2) is 0 Å². The summed E-state index contributed by atoms with van der Waals surface area (Å²) in [5, 5.41) is 0. The highest BCUT2D eigenvalue weighted by Gasteiger charge is 2.31. The number of benzene rings is 1. The van der Waals surface area contributed by atoms with Crippen LogP contribution in [0, 0.1) is 5.82 Å². The maximum absolute atomic E-state index is 13.6. The summed E-state index contributed by atoms with van der Waals surface area (Å²) < 4.78 is 39.8. The number of carbonyl (C=O) groups is 1. The number of carbonyl (C=O) groups excluding carboxylic acids is 1. The van der Waals surface area contributed by atoms with E-state index in [1.54, 1.807) is 0 Å². The summed E-state index contributed by atoms with van der Waals surface area (Å²) in [7, 11) is -4.17. The number of piperidine rings is 1. The lowest BCUT2D eigenvalue weighted by atomic mass is 10.0. The van der Waals surface area contributed by atoms with Crippen LogP contribution in [0.3, 0.4) is 0 Å². The largest absolute Gasteiger partial charge is 0.292 e. The molecule has 0 aliphatic carbocycles. The molecule has 7 heteroatoms. The maximum atomic E-state index is 13.6. The molecule has 5 nitrogen and oxygen atoms in total. The summed E-state index contributed by atoms with van der Waals surface area (Å²) in [6, 6.07) is 4.55. The molecular formula is C14H19FN2O3S. The van der Waals surface area contributed by atoms with Gasteiger partial charge in [0.2, 0.25) is 0 Å². The minimum atomic E-state index is -4.17. The van der Waals surface area contributed by atoms with Crippen molar-refractivity contribution in [2.75, 3.05) is 13.1 Å². The van der Waals surface area contributed by atoms with Crippen molar-refractivity contribution >= 4 is 15.9 Å². The molecule has 0 radical (unpaired) electrons. The van der Waals surface area contributed by atoms with Crippen LogP contribution in [0.4, 0.5) is 4.39 Å². The Hall–Kier alpha value is -1.47. The van der Waals surface area contributed by atoms with E-state index in [4.69, 9.17) is 0 Å². The summed E-state index contributed by atoms with van der Waals surface area (Å²) in [6.45, 7) is 3.38. The standard InChI is InChI=1S/C14H19FN2O3S/c1-2-17-10-6-5-8-12(17)14(18)16-21(19,20)13-9-4-3-7-11(13)15/h3-4,7,9,12H,2,5-6,8,10H2,1H3,(H,16,18)/t12-/m1/s1. The van der Waals surface area contributed by atoms with Crippen LogP contribution in [0.1, 0.15) is 26.2 Å². The fourth-order valence-corrected chi connectivity index (χ4v) is 3.68. The van der Waals surface area contributed by atoms with Crippen LogP contribution in [0.25, 0.3) is 0 Å². The van der Waals surface area contributed by atoms with Crippen LogP contribution in [0.2, 0.25) is 0 Å². The highest BCUT2D eigenvalue weighted by molar-refractivity contribution is 7.90. The van der Waals surface area contributed by atoms with Crippen molar-refractivity contribution < 1.29 is 17.6 Å². The molecule has 1 aromatic carbocycles. The second-order valence-electron chi connectivity index (χ2n) is 5.04. The maximum Gasteiger partial charge on any atom is 0.267 e. The highest BCUT2D eigenvalue weighted by Crippen LogP contribution is 2.18. The van der Waals surface area contributed by atoms with Crippen LogP contribution >= 0.6 is 0 Å². The first-order chi connectivity index (χ1) is 9.95. The first-order valence-electron chi connectivity index (χ1n) is 7.01. The van der Waals surface area contributed by atoms with Gasteiger partial charge in [-0.3, -0.25) is 9.69 Å². The Bertz CT molecular complexity index is 618. The van der Waals surface area contributed by atoms with Gasteiger partial charge in [-0.25, -0.2) is 17.5 Å². The van der Waals surface area contributed by atoms with Crippen LogP contribution in [0.5, 0.6) is 0 Å². The number of likely N-dealkylation sites (tertiary alicyclic amines) is 1. The molecule has 21 heavy (non-hydrogen) atoms. The van der Waals surface area contributed by atoms with Crippen molar-refractivity contribution in [2.45, 2.75) is 37.1 Å². The van der Waals surface area contributed by atoms with Gasteiger partial charge in [-0.15, -0.1) is 0 Å². The van der Waals surface area contributed by atoms with Gasteiger partial charge in [0, 0.05) is 0 Å². The molecule has 1 aromatic rings. The molecule has 1 atom stereocenters. The van der Waals surface area contributed by atoms with Gasteiger partial charge < -0.3 is 0 Å². The van der Waals surface area contributed by atoms with Gasteiger partial charge in [0.25, 0.3) is 15.9 Å². The van der Waals surface area contributed by atoms with Crippen molar-refractivity contribution in [1.29, 1.82) is 0 Å². The molecule has 0 spiro atoms. The second-order valence-corrected chi connectivity index (χ2v) is 6.69. The molecule has 1 aliphatic rings. The van der Waals surface area contributed by atoms with Crippen LogP contribution in [-0.2, 0) is 14.8 Å². The fraction of sp³-hybridized carbons (Fsp3) is 0.500. The van der Waals surface area contributed by atoms with E-state index in [0.717, 1.165) is 31.5 Å². The number of hydrogen-bond donors (Lipinski definition) is 1. The molecule has 1 amide bonds. The van der Waals surface area contributed by atoms with Crippen LogP contribution in [-0.4, -0.2) is 38.4 Å². The zero-order chi connectivity index (χ0) is 15.5. The van der Waals surface area contributed by atoms with Gasteiger partial charge in [-0.2, -0.15) is 0 Å². The van der Waals surface area contributed by atoms with Gasteiger partial charge in [-0.05, 0) is 38.1 Å². The average molecular weight is 314 g/mol. The Balaban J connectivity index is 2.16. The minimum Gasteiger partial charge on any atom is -0.292 e. The number of rotatable bonds is 4. The van der Waals surface area contributed by atoms with Crippen molar-refractivity contribution in [3.63, 3.8) is 0 Å². The number of amides is 1. The van der Waals surface area contributed by atoms with Crippen molar-refractivity contribution in [1.82, 2.24) is 9.62 Å². The third-order valence-electron chi connectivity index (χ3n) is 3.68. The molecule has 116 valence electrons. The van der Waals surface area contributed by atoms with Gasteiger partial charge in [0.05, 0.1) is 6.04 Å². The molecule has 0 aromatic heterocycles. The third kappa shape index (κ3) is 3.59. The predicted molar refractivity (Wildman–Crippen MR) is 76.6 cm³/mol. The molecule has 1 N–H and O–H groups in total. The van der Waals surface area contributed by atoms with Gasteiger partial charge >= 0.3 is 0 Å². The normalized spacial score (nSPS) is 20.2. The smallest absolute Gasteiger partial charge is 0.267 e. The van der Waals surface area contributed by atoms with Crippen molar-refractivity contribution in [3.05, 3.63) is 30.1 Å². The Morgan fingerprint density at radius 1 is 1.38 bits per heavy atom. The Morgan fingerprint density at radius 3 is 2.76 bits per heavy atom. The predicted octanol–water partition coefficient (Wildman–Crippen LogP) is 1.50. The van der Waals surface area contributed by atoms with E-state index in [2.05, 4.69) is 0 Å². The quantitative estimate of drug-likeness (QED) is 0.915. The highest BCUT2D eigenvalue weighted by atomic mass is 32.2. The first-order valence-corrected chi connectivity index (χ1v) is 8.49. The third-order valence-corrected chi connectivity index (χ3v) is 5.06. The lowest BCUT2D eigenvalue weighted by Crippen LogP contribution is -2.50. The molecule has 1 saturated heterocycles. The minimum absolute atomic E-state index is 0.467. The number of nitrogens with one attached hydrogen (secondary N) is 1. The SMILES string of the molecule is CCN1CCCC[C@@H]1C(=O)NS(=O)(=O)c1ccccc1F. The number of nitrogens with zero attached hydrogens (tertiary/aromatic N) is 1. The molecule has 0 saturated carbocycles. The monoisotopic (exact) mass is 314 g/mol. The zero-order valence-electron chi connectivity index (χ0n) is 11.9. The van der Waals surface area contributed by atoms with Crippen molar-refractivity contribution in [2.24, 2.45) is 0 Å². The molecule has 1 aliphatic heterocycles. The molecule has 2 rings (SSSR count). The van der Waals surface area contributed by atoms with E-state index in [-0.39, 0.29) is 0 Å². The van der Waals surface area contributed by atoms with Crippen molar-refractivity contribution in [3.8, 4) is 0 Å².